The van der Waals surface area contributed by atoms with Crippen LogP contribution in [0.15, 0.2) is 48.8 Å². The predicted molar refractivity (Wildman–Crippen MR) is 105 cm³/mol. The second kappa shape index (κ2) is 6.59. The van der Waals surface area contributed by atoms with E-state index < -0.39 is 0 Å². The zero-order valence-electron chi connectivity index (χ0n) is 15.3. The van der Waals surface area contributed by atoms with Gasteiger partial charge >= 0.3 is 0 Å². The van der Waals surface area contributed by atoms with Gasteiger partial charge in [-0.3, -0.25) is 0 Å². The Hall–Kier alpha value is -3.06. The molecule has 1 fully saturated rings. The number of hydrogen-bond donors (Lipinski definition) is 1. The number of hydrogen-bond acceptors (Lipinski definition) is 5. The van der Waals surface area contributed by atoms with Gasteiger partial charge in [-0.2, -0.15) is 0 Å². The number of nitrogens with zero attached hydrogens (tertiary/aromatic N) is 6. The van der Waals surface area contributed by atoms with Gasteiger partial charge in [0.1, 0.15) is 6.33 Å². The summed E-state index contributed by atoms with van der Waals surface area (Å²) in [5.41, 5.74) is 2.79. The SMILES string of the molecule is C[NH+]1CCN(c2ncnc3c2nnn3Cc2cccc3ccccc23)CC1. The third-order valence-corrected chi connectivity index (χ3v) is 5.40. The van der Waals surface area contributed by atoms with Gasteiger partial charge in [0.05, 0.1) is 39.8 Å². The van der Waals surface area contributed by atoms with Crippen LogP contribution in [0.2, 0.25) is 0 Å². The van der Waals surface area contributed by atoms with Crippen molar-refractivity contribution in [2.24, 2.45) is 0 Å². The van der Waals surface area contributed by atoms with Crippen molar-refractivity contribution >= 4 is 27.8 Å². The molecule has 5 rings (SSSR count). The number of quaternary nitrogens is 1. The molecule has 2 aromatic carbocycles. The summed E-state index contributed by atoms with van der Waals surface area (Å²) in [6, 6.07) is 14.8. The van der Waals surface area contributed by atoms with Gasteiger partial charge < -0.3 is 9.80 Å². The first-order chi connectivity index (χ1) is 13.3. The zero-order chi connectivity index (χ0) is 18.2. The van der Waals surface area contributed by atoms with Gasteiger partial charge in [-0.1, -0.05) is 47.7 Å². The number of nitrogens with one attached hydrogen (secondary N) is 1. The van der Waals surface area contributed by atoms with Crippen LogP contribution in [0, 0.1) is 0 Å². The molecule has 0 saturated carbocycles. The van der Waals surface area contributed by atoms with Crippen LogP contribution in [-0.2, 0) is 6.54 Å². The van der Waals surface area contributed by atoms with Crippen LogP contribution >= 0.6 is 0 Å². The molecule has 136 valence electrons. The Morgan fingerprint density at radius 3 is 2.70 bits per heavy atom. The number of likely N-dealkylation sites (N-methyl/N-ethyl adjacent to an activating group) is 1. The molecule has 0 unspecified atom stereocenters. The molecular formula is C20H22N7+. The Bertz CT molecular complexity index is 1090. The number of benzene rings is 2. The summed E-state index contributed by atoms with van der Waals surface area (Å²) in [5.74, 6) is 0.900. The molecule has 0 amide bonds. The molecule has 4 aromatic rings. The van der Waals surface area contributed by atoms with Crippen molar-refractivity contribution in [3.05, 3.63) is 54.4 Å². The van der Waals surface area contributed by atoms with E-state index in [2.05, 4.69) is 74.7 Å². The quantitative estimate of drug-likeness (QED) is 0.584. The maximum atomic E-state index is 4.52. The van der Waals surface area contributed by atoms with Crippen molar-refractivity contribution in [1.82, 2.24) is 25.0 Å². The van der Waals surface area contributed by atoms with Gasteiger partial charge in [0, 0.05) is 0 Å². The molecule has 0 aliphatic carbocycles. The summed E-state index contributed by atoms with van der Waals surface area (Å²) in [5, 5.41) is 11.3. The highest BCUT2D eigenvalue weighted by Crippen LogP contribution is 2.23. The van der Waals surface area contributed by atoms with Crippen molar-refractivity contribution in [2.75, 3.05) is 38.1 Å². The first-order valence-electron chi connectivity index (χ1n) is 9.37. The summed E-state index contributed by atoms with van der Waals surface area (Å²) in [4.78, 5) is 12.8. The molecule has 0 spiro atoms. The lowest BCUT2D eigenvalue weighted by Crippen LogP contribution is -3.12. The van der Waals surface area contributed by atoms with E-state index in [0.29, 0.717) is 6.54 Å². The first kappa shape index (κ1) is 16.1. The molecule has 0 bridgehead atoms. The third kappa shape index (κ3) is 2.90. The molecule has 1 saturated heterocycles. The molecule has 0 atom stereocenters. The van der Waals surface area contributed by atoms with Crippen LogP contribution in [0.4, 0.5) is 5.82 Å². The minimum absolute atomic E-state index is 0.640. The summed E-state index contributed by atoms with van der Waals surface area (Å²) < 4.78 is 1.88. The van der Waals surface area contributed by atoms with Crippen molar-refractivity contribution in [1.29, 1.82) is 0 Å². The van der Waals surface area contributed by atoms with E-state index in [9.17, 15) is 0 Å². The summed E-state index contributed by atoms with van der Waals surface area (Å²) >= 11 is 0. The largest absolute Gasteiger partial charge is 0.343 e. The average molecular weight is 360 g/mol. The fraction of sp³-hybridized carbons (Fsp3) is 0.300. The van der Waals surface area contributed by atoms with Crippen molar-refractivity contribution in [3.63, 3.8) is 0 Å². The van der Waals surface area contributed by atoms with Crippen LogP contribution in [0.3, 0.4) is 0 Å². The summed E-state index contributed by atoms with van der Waals surface area (Å²) in [6.07, 6.45) is 1.63. The van der Waals surface area contributed by atoms with E-state index in [0.717, 1.165) is 43.2 Å². The maximum absolute atomic E-state index is 4.52. The molecule has 0 radical (unpaired) electrons. The number of fused-ring (bicyclic) bond motifs is 2. The predicted octanol–water partition coefficient (Wildman–Crippen LogP) is 0.758. The van der Waals surface area contributed by atoms with Crippen LogP contribution in [0.5, 0.6) is 0 Å². The van der Waals surface area contributed by atoms with Crippen molar-refractivity contribution in [3.8, 4) is 0 Å². The van der Waals surface area contributed by atoms with Gasteiger partial charge in [-0.15, -0.1) is 5.10 Å². The number of anilines is 1. The van der Waals surface area contributed by atoms with Gasteiger partial charge in [0.25, 0.3) is 0 Å². The Morgan fingerprint density at radius 2 is 1.81 bits per heavy atom. The lowest BCUT2D eigenvalue weighted by Gasteiger charge is -2.30. The van der Waals surface area contributed by atoms with Crippen LogP contribution in [-0.4, -0.2) is 58.2 Å². The number of aromatic nitrogens is 5. The Balaban J connectivity index is 1.52. The van der Waals surface area contributed by atoms with Crippen molar-refractivity contribution < 1.29 is 4.90 Å². The van der Waals surface area contributed by atoms with Crippen molar-refractivity contribution in [2.45, 2.75) is 6.54 Å². The Labute approximate surface area is 157 Å². The minimum atomic E-state index is 0.640. The smallest absolute Gasteiger partial charge is 0.184 e. The zero-order valence-corrected chi connectivity index (χ0v) is 15.3. The van der Waals surface area contributed by atoms with Crippen LogP contribution < -0.4 is 9.80 Å². The average Bonchev–Trinajstić information content (AvgIpc) is 3.12. The fourth-order valence-corrected chi connectivity index (χ4v) is 3.81. The van der Waals surface area contributed by atoms with E-state index in [1.807, 2.05) is 4.68 Å². The molecule has 2 aromatic heterocycles. The standard InChI is InChI=1S/C20H21N7/c1-25-9-11-26(12-10-25)19-18-20(22-14-21-19)27(24-23-18)13-16-7-4-6-15-5-2-3-8-17(15)16/h2-8,14H,9-13H2,1H3/p+1. The van der Waals surface area contributed by atoms with E-state index in [1.54, 1.807) is 11.2 Å². The fourth-order valence-electron chi connectivity index (χ4n) is 3.81. The Morgan fingerprint density at radius 1 is 1.00 bits per heavy atom. The summed E-state index contributed by atoms with van der Waals surface area (Å²) in [7, 11) is 2.23. The first-order valence-corrected chi connectivity index (χ1v) is 9.37. The highest BCUT2D eigenvalue weighted by atomic mass is 15.4. The van der Waals surface area contributed by atoms with Crippen LogP contribution in [0.1, 0.15) is 5.56 Å². The lowest BCUT2D eigenvalue weighted by atomic mass is 10.0. The second-order valence-corrected chi connectivity index (χ2v) is 7.20. The highest BCUT2D eigenvalue weighted by molar-refractivity contribution is 5.86. The maximum Gasteiger partial charge on any atom is 0.184 e. The topological polar surface area (TPSA) is 64.2 Å². The van der Waals surface area contributed by atoms with Gasteiger partial charge in [-0.25, -0.2) is 14.6 Å². The molecular weight excluding hydrogens is 338 g/mol. The number of rotatable bonds is 3. The second-order valence-electron chi connectivity index (χ2n) is 7.20. The molecule has 1 N–H and O–H groups in total. The van der Waals surface area contributed by atoms with E-state index in [-0.39, 0.29) is 0 Å². The molecule has 27 heavy (non-hydrogen) atoms. The van der Waals surface area contributed by atoms with E-state index in [4.69, 9.17) is 0 Å². The lowest BCUT2D eigenvalue weighted by molar-refractivity contribution is -0.880. The number of piperazine rings is 1. The van der Waals surface area contributed by atoms with Crippen LogP contribution in [0.25, 0.3) is 21.9 Å². The molecule has 7 heteroatoms. The highest BCUT2D eigenvalue weighted by Gasteiger charge is 2.22. The van der Waals surface area contributed by atoms with Gasteiger partial charge in [0.2, 0.25) is 0 Å². The molecule has 1 aliphatic rings. The monoisotopic (exact) mass is 360 g/mol. The van der Waals surface area contributed by atoms with Gasteiger partial charge in [0.15, 0.2) is 17.0 Å². The Kier molecular flexibility index (Phi) is 3.94. The molecule has 1 aliphatic heterocycles. The van der Waals surface area contributed by atoms with Gasteiger partial charge in [-0.05, 0) is 16.3 Å². The minimum Gasteiger partial charge on any atom is -0.343 e. The molecule has 3 heterocycles. The normalized spacial score (nSPS) is 15.7. The third-order valence-electron chi connectivity index (χ3n) is 5.40. The van der Waals surface area contributed by atoms with E-state index in [1.165, 1.54) is 16.3 Å². The summed E-state index contributed by atoms with van der Waals surface area (Å²) in [6.45, 7) is 4.81. The van der Waals surface area contributed by atoms with E-state index >= 15 is 0 Å². The molecule has 7 nitrogen and oxygen atoms in total.